The van der Waals surface area contributed by atoms with Gasteiger partial charge in [0.2, 0.25) is 5.91 Å². The number of hydrogen-bond donors (Lipinski definition) is 2. The summed E-state index contributed by atoms with van der Waals surface area (Å²) >= 11 is 6.10. The number of halogens is 1. The smallest absolute Gasteiger partial charge is 0.237 e. The summed E-state index contributed by atoms with van der Waals surface area (Å²) in [4.78, 5) is 11.9. The quantitative estimate of drug-likeness (QED) is 0.867. The zero-order valence-corrected chi connectivity index (χ0v) is 10.6. The predicted molar refractivity (Wildman–Crippen MR) is 69.0 cm³/mol. The molecule has 0 saturated carbocycles. The third kappa shape index (κ3) is 2.99. The topological polar surface area (TPSA) is 41.1 Å². The summed E-state index contributed by atoms with van der Waals surface area (Å²) in [6, 6.07) is 7.50. The van der Waals surface area contributed by atoms with Gasteiger partial charge in [0.15, 0.2) is 0 Å². The molecule has 17 heavy (non-hydrogen) atoms. The van der Waals surface area contributed by atoms with Gasteiger partial charge in [0, 0.05) is 5.02 Å². The van der Waals surface area contributed by atoms with E-state index >= 15 is 0 Å². The lowest BCUT2D eigenvalue weighted by atomic mass is 10.1. The summed E-state index contributed by atoms with van der Waals surface area (Å²) < 4.78 is 0. The number of benzene rings is 1. The van der Waals surface area contributed by atoms with Gasteiger partial charge in [0.25, 0.3) is 0 Å². The monoisotopic (exact) mass is 252 g/mol. The van der Waals surface area contributed by atoms with Crippen molar-refractivity contribution >= 4 is 17.5 Å². The van der Waals surface area contributed by atoms with Crippen LogP contribution >= 0.6 is 11.6 Å². The van der Waals surface area contributed by atoms with Crippen molar-refractivity contribution in [2.45, 2.75) is 31.8 Å². The molecule has 0 bridgehead atoms. The highest BCUT2D eigenvalue weighted by Gasteiger charge is 2.23. The number of carbonyl (C=O) groups excluding carboxylic acids is 1. The Labute approximate surface area is 107 Å². The molecule has 0 spiro atoms. The molecule has 1 amide bonds. The average molecular weight is 253 g/mol. The van der Waals surface area contributed by atoms with Crippen molar-refractivity contribution in [1.82, 2.24) is 10.6 Å². The van der Waals surface area contributed by atoms with Crippen LogP contribution in [-0.2, 0) is 4.79 Å². The molecule has 0 radical (unpaired) electrons. The van der Waals surface area contributed by atoms with Crippen LogP contribution < -0.4 is 10.6 Å². The highest BCUT2D eigenvalue weighted by Crippen LogP contribution is 2.22. The highest BCUT2D eigenvalue weighted by atomic mass is 35.5. The molecule has 1 aromatic carbocycles. The Bertz CT molecular complexity index is 402. The lowest BCUT2D eigenvalue weighted by Crippen LogP contribution is -2.41. The minimum atomic E-state index is -0.0569. The Morgan fingerprint density at radius 3 is 2.94 bits per heavy atom. The molecule has 2 atom stereocenters. The van der Waals surface area contributed by atoms with E-state index in [9.17, 15) is 4.79 Å². The van der Waals surface area contributed by atoms with Crippen LogP contribution in [0.3, 0.4) is 0 Å². The molecular formula is C13H17ClN2O. The molecule has 2 unspecified atom stereocenters. The summed E-state index contributed by atoms with van der Waals surface area (Å²) in [5.41, 5.74) is 0.959. The van der Waals surface area contributed by atoms with Gasteiger partial charge in [-0.15, -0.1) is 0 Å². The molecule has 1 aliphatic rings. The van der Waals surface area contributed by atoms with Crippen LogP contribution in [0.4, 0.5) is 0 Å². The van der Waals surface area contributed by atoms with Crippen LogP contribution in [0.2, 0.25) is 5.02 Å². The van der Waals surface area contributed by atoms with Gasteiger partial charge in [-0.25, -0.2) is 0 Å². The zero-order chi connectivity index (χ0) is 12.3. The number of nitrogens with one attached hydrogen (secondary N) is 2. The second kappa shape index (κ2) is 5.52. The van der Waals surface area contributed by atoms with Gasteiger partial charge in [0.1, 0.15) is 0 Å². The first-order chi connectivity index (χ1) is 8.18. The van der Waals surface area contributed by atoms with Gasteiger partial charge in [-0.2, -0.15) is 0 Å². The summed E-state index contributed by atoms with van der Waals surface area (Å²) in [7, 11) is 0. The fourth-order valence-electron chi connectivity index (χ4n) is 2.13. The Morgan fingerprint density at radius 2 is 2.29 bits per heavy atom. The second-order valence-corrected chi connectivity index (χ2v) is 4.81. The van der Waals surface area contributed by atoms with E-state index in [0.717, 1.165) is 24.9 Å². The van der Waals surface area contributed by atoms with Crippen LogP contribution in [0, 0.1) is 0 Å². The largest absolute Gasteiger partial charge is 0.348 e. The highest BCUT2D eigenvalue weighted by molar-refractivity contribution is 6.31. The van der Waals surface area contributed by atoms with Crippen molar-refractivity contribution in [3.05, 3.63) is 34.9 Å². The molecule has 4 heteroatoms. The first kappa shape index (κ1) is 12.4. The van der Waals surface area contributed by atoms with E-state index < -0.39 is 0 Å². The number of hydrogen-bond acceptors (Lipinski definition) is 2. The lowest BCUT2D eigenvalue weighted by molar-refractivity contribution is -0.123. The van der Waals surface area contributed by atoms with Gasteiger partial charge in [-0.1, -0.05) is 29.8 Å². The predicted octanol–water partition coefficient (Wildman–Crippen LogP) is 2.27. The molecule has 1 saturated heterocycles. The first-order valence-corrected chi connectivity index (χ1v) is 6.34. The summed E-state index contributed by atoms with van der Waals surface area (Å²) in [6.07, 6.45) is 1.99. The van der Waals surface area contributed by atoms with E-state index in [1.165, 1.54) is 0 Å². The normalized spacial score (nSPS) is 21.2. The SMILES string of the molecule is CC(NC(=O)C1CCCN1)c1ccccc1Cl. The second-order valence-electron chi connectivity index (χ2n) is 4.40. The number of carbonyl (C=O) groups is 1. The molecule has 1 heterocycles. The van der Waals surface area contributed by atoms with E-state index in [1.54, 1.807) is 0 Å². The van der Waals surface area contributed by atoms with E-state index in [2.05, 4.69) is 10.6 Å². The van der Waals surface area contributed by atoms with Crippen molar-refractivity contribution in [3.63, 3.8) is 0 Å². The van der Waals surface area contributed by atoms with Crippen LogP contribution in [0.1, 0.15) is 31.4 Å². The van der Waals surface area contributed by atoms with Crippen LogP contribution in [0.15, 0.2) is 24.3 Å². The molecule has 1 aliphatic heterocycles. The first-order valence-electron chi connectivity index (χ1n) is 5.96. The Balaban J connectivity index is 1.99. The molecular weight excluding hydrogens is 236 g/mol. The molecule has 2 rings (SSSR count). The Kier molecular flexibility index (Phi) is 4.02. The molecule has 0 aliphatic carbocycles. The summed E-state index contributed by atoms with van der Waals surface area (Å²) in [6.45, 7) is 2.88. The van der Waals surface area contributed by atoms with Gasteiger partial charge in [-0.3, -0.25) is 4.79 Å². The lowest BCUT2D eigenvalue weighted by Gasteiger charge is -2.18. The zero-order valence-electron chi connectivity index (χ0n) is 9.87. The fraction of sp³-hybridized carbons (Fsp3) is 0.462. The van der Waals surface area contributed by atoms with E-state index in [-0.39, 0.29) is 18.0 Å². The Hall–Kier alpha value is -1.06. The maximum absolute atomic E-state index is 11.9. The maximum Gasteiger partial charge on any atom is 0.237 e. The summed E-state index contributed by atoms with van der Waals surface area (Å²) in [5, 5.41) is 6.87. The van der Waals surface area contributed by atoms with E-state index in [0.29, 0.717) is 5.02 Å². The minimum Gasteiger partial charge on any atom is -0.348 e. The molecule has 1 fully saturated rings. The van der Waals surface area contributed by atoms with Gasteiger partial charge < -0.3 is 10.6 Å². The van der Waals surface area contributed by atoms with Crippen molar-refractivity contribution in [2.75, 3.05) is 6.54 Å². The van der Waals surface area contributed by atoms with Gasteiger partial charge >= 0.3 is 0 Å². The van der Waals surface area contributed by atoms with E-state index in [1.807, 2.05) is 31.2 Å². The third-order valence-corrected chi connectivity index (χ3v) is 3.45. The molecule has 92 valence electrons. The van der Waals surface area contributed by atoms with Crippen LogP contribution in [-0.4, -0.2) is 18.5 Å². The number of amides is 1. The molecule has 1 aromatic rings. The van der Waals surface area contributed by atoms with Gasteiger partial charge in [0.05, 0.1) is 12.1 Å². The minimum absolute atomic E-state index is 0.0417. The van der Waals surface area contributed by atoms with Crippen LogP contribution in [0.5, 0.6) is 0 Å². The standard InChI is InChI=1S/C13H17ClN2O/c1-9(10-5-2-3-6-11(10)14)16-13(17)12-7-4-8-15-12/h2-3,5-6,9,12,15H,4,7-8H2,1H3,(H,16,17). The fourth-order valence-corrected chi connectivity index (χ4v) is 2.43. The summed E-state index contributed by atoms with van der Waals surface area (Å²) in [5.74, 6) is 0.0647. The number of rotatable bonds is 3. The van der Waals surface area contributed by atoms with Crippen molar-refractivity contribution in [3.8, 4) is 0 Å². The molecule has 3 nitrogen and oxygen atoms in total. The Morgan fingerprint density at radius 1 is 1.53 bits per heavy atom. The maximum atomic E-state index is 11.9. The third-order valence-electron chi connectivity index (χ3n) is 3.11. The van der Waals surface area contributed by atoms with Crippen molar-refractivity contribution in [2.24, 2.45) is 0 Å². The van der Waals surface area contributed by atoms with E-state index in [4.69, 9.17) is 11.6 Å². The van der Waals surface area contributed by atoms with Crippen LogP contribution in [0.25, 0.3) is 0 Å². The van der Waals surface area contributed by atoms with Gasteiger partial charge in [-0.05, 0) is 37.9 Å². The van der Waals surface area contributed by atoms with Crippen molar-refractivity contribution < 1.29 is 4.79 Å². The van der Waals surface area contributed by atoms with Crippen molar-refractivity contribution in [1.29, 1.82) is 0 Å². The average Bonchev–Trinajstić information content (AvgIpc) is 2.82. The molecule has 0 aromatic heterocycles. The molecule has 2 N–H and O–H groups in total.